The minimum absolute atomic E-state index is 0.0768. The molecule has 0 spiro atoms. The molecule has 0 radical (unpaired) electrons. The van der Waals surface area contributed by atoms with Gasteiger partial charge in [0.15, 0.2) is 0 Å². The van der Waals surface area contributed by atoms with E-state index in [1.807, 2.05) is 19.1 Å². The number of ketones is 1. The molecule has 4 saturated carbocycles. The van der Waals surface area contributed by atoms with Gasteiger partial charge in [-0.3, -0.25) is 8.98 Å². The summed E-state index contributed by atoms with van der Waals surface area (Å²) in [5, 5.41) is 0. The third-order valence-electron chi connectivity index (χ3n) is 9.95. The van der Waals surface area contributed by atoms with Gasteiger partial charge in [-0.05, 0) is 98.5 Å². The Bertz CT molecular complexity index is 968. The highest BCUT2D eigenvalue weighted by molar-refractivity contribution is 7.86. The maximum atomic E-state index is 13.0. The summed E-state index contributed by atoms with van der Waals surface area (Å²) in [7, 11) is -3.75. The van der Waals surface area contributed by atoms with Gasteiger partial charge < -0.3 is 0 Å². The largest absolute Gasteiger partial charge is 0.300 e. The normalized spacial score (nSPS) is 42.5. The Hall–Kier alpha value is -1.20. The van der Waals surface area contributed by atoms with E-state index in [2.05, 4.69) is 13.8 Å². The van der Waals surface area contributed by atoms with Crippen molar-refractivity contribution in [3.63, 3.8) is 0 Å². The van der Waals surface area contributed by atoms with Crippen molar-refractivity contribution in [2.45, 2.75) is 89.6 Å². The van der Waals surface area contributed by atoms with Crippen molar-refractivity contribution in [2.75, 3.05) is 0 Å². The Morgan fingerprint density at radius 1 is 0.903 bits per heavy atom. The van der Waals surface area contributed by atoms with Gasteiger partial charge in [-0.1, -0.05) is 31.5 Å². The van der Waals surface area contributed by atoms with Crippen molar-refractivity contribution in [1.82, 2.24) is 0 Å². The number of rotatable bonds is 3. The van der Waals surface area contributed by atoms with Gasteiger partial charge in [-0.2, -0.15) is 8.42 Å². The first-order valence-corrected chi connectivity index (χ1v) is 13.6. The van der Waals surface area contributed by atoms with E-state index in [1.54, 1.807) is 12.1 Å². The van der Waals surface area contributed by atoms with Gasteiger partial charge in [-0.25, -0.2) is 0 Å². The zero-order valence-electron chi connectivity index (χ0n) is 19.1. The van der Waals surface area contributed by atoms with E-state index >= 15 is 0 Å². The van der Waals surface area contributed by atoms with Crippen LogP contribution in [0.1, 0.15) is 77.2 Å². The average molecular weight is 445 g/mol. The molecule has 0 saturated heterocycles. The molecule has 170 valence electrons. The molecule has 5 rings (SSSR count). The van der Waals surface area contributed by atoms with Crippen LogP contribution in [0.3, 0.4) is 0 Å². The van der Waals surface area contributed by atoms with Crippen molar-refractivity contribution in [1.29, 1.82) is 0 Å². The van der Waals surface area contributed by atoms with Crippen LogP contribution in [0.5, 0.6) is 0 Å². The van der Waals surface area contributed by atoms with Crippen LogP contribution in [-0.2, 0) is 19.1 Å². The second-order valence-electron chi connectivity index (χ2n) is 11.4. The first-order chi connectivity index (χ1) is 14.6. The Morgan fingerprint density at radius 2 is 1.61 bits per heavy atom. The van der Waals surface area contributed by atoms with Gasteiger partial charge in [0, 0.05) is 12.8 Å². The van der Waals surface area contributed by atoms with Gasteiger partial charge in [0.25, 0.3) is 10.1 Å². The third-order valence-corrected chi connectivity index (χ3v) is 11.3. The van der Waals surface area contributed by atoms with Crippen molar-refractivity contribution in [2.24, 2.45) is 34.5 Å². The molecule has 1 aromatic rings. The Balaban J connectivity index is 1.37. The number of carbonyl (C=O) groups excluding carboxylic acids is 1. The molecule has 7 atom stereocenters. The summed E-state index contributed by atoms with van der Waals surface area (Å²) in [6.45, 7) is 6.69. The van der Waals surface area contributed by atoms with Crippen LogP contribution < -0.4 is 0 Å². The molecule has 4 aliphatic carbocycles. The summed E-state index contributed by atoms with van der Waals surface area (Å²) in [6, 6.07) is 6.97. The zero-order valence-corrected chi connectivity index (χ0v) is 19.9. The average Bonchev–Trinajstić information content (AvgIpc) is 3.04. The van der Waals surface area contributed by atoms with Crippen molar-refractivity contribution < 1.29 is 17.4 Å². The van der Waals surface area contributed by atoms with Crippen LogP contribution >= 0.6 is 0 Å². The van der Waals surface area contributed by atoms with Crippen LogP contribution in [-0.4, -0.2) is 20.3 Å². The van der Waals surface area contributed by atoms with E-state index in [-0.39, 0.29) is 21.8 Å². The highest BCUT2D eigenvalue weighted by Gasteiger charge is 2.61. The van der Waals surface area contributed by atoms with Crippen LogP contribution in [0.2, 0.25) is 0 Å². The van der Waals surface area contributed by atoms with Crippen molar-refractivity contribution in [3.8, 4) is 0 Å². The molecule has 1 aromatic carbocycles. The standard InChI is InChI=1S/C26H36O4S/c1-17-4-7-20(8-5-17)31(28,29)30-24-11-10-22-21-9-6-18-16-19(27)12-14-25(18,2)23(21)13-15-26(22,24)3/h4-5,7-8,18,21-24H,6,9-16H2,1-3H3/t18-,21+,22-,23+,24+,25-,26-/m0/s1. The van der Waals surface area contributed by atoms with E-state index in [1.165, 1.54) is 6.42 Å². The van der Waals surface area contributed by atoms with Crippen LogP contribution in [0, 0.1) is 41.4 Å². The maximum Gasteiger partial charge on any atom is 0.297 e. The second-order valence-corrected chi connectivity index (χ2v) is 12.9. The fourth-order valence-electron chi connectivity index (χ4n) is 8.07. The van der Waals surface area contributed by atoms with Crippen LogP contribution in [0.15, 0.2) is 29.2 Å². The number of Topliss-reactive ketones (excluding diaryl/α,β-unsaturated/α-hetero) is 1. The van der Waals surface area contributed by atoms with E-state index in [0.717, 1.165) is 56.9 Å². The molecular formula is C26H36O4S. The fraction of sp³-hybridized carbons (Fsp3) is 0.731. The summed E-state index contributed by atoms with van der Waals surface area (Å²) in [6.07, 6.45) is 8.75. The number of hydrogen-bond acceptors (Lipinski definition) is 4. The number of hydrogen-bond donors (Lipinski definition) is 0. The maximum absolute atomic E-state index is 13.0. The Morgan fingerprint density at radius 3 is 2.35 bits per heavy atom. The molecule has 0 aromatic heterocycles. The number of benzene rings is 1. The lowest BCUT2D eigenvalue weighted by molar-refractivity contribution is -0.140. The number of aryl methyl sites for hydroxylation is 1. The number of fused-ring (bicyclic) bond motifs is 5. The monoisotopic (exact) mass is 444 g/mol. The predicted octanol–water partition coefficient (Wildman–Crippen LogP) is 5.68. The molecule has 0 N–H and O–H groups in total. The van der Waals surface area contributed by atoms with Crippen LogP contribution in [0.25, 0.3) is 0 Å². The molecule has 4 nitrogen and oxygen atoms in total. The van der Waals surface area contributed by atoms with E-state index in [4.69, 9.17) is 4.18 Å². The Labute approximate surface area is 187 Å². The molecule has 31 heavy (non-hydrogen) atoms. The van der Waals surface area contributed by atoms with E-state index in [9.17, 15) is 13.2 Å². The van der Waals surface area contributed by atoms with Gasteiger partial charge in [0.1, 0.15) is 5.78 Å². The first kappa shape index (κ1) is 21.6. The fourth-order valence-corrected chi connectivity index (χ4v) is 9.27. The zero-order chi connectivity index (χ0) is 22.0. The summed E-state index contributed by atoms with van der Waals surface area (Å²) in [5.74, 6) is 2.85. The van der Waals surface area contributed by atoms with Crippen LogP contribution in [0.4, 0.5) is 0 Å². The topological polar surface area (TPSA) is 60.4 Å². The minimum Gasteiger partial charge on any atom is -0.300 e. The molecule has 0 amide bonds. The summed E-state index contributed by atoms with van der Waals surface area (Å²) in [5.41, 5.74) is 1.25. The first-order valence-electron chi connectivity index (χ1n) is 12.2. The van der Waals surface area contributed by atoms with E-state index in [0.29, 0.717) is 29.5 Å². The smallest absolute Gasteiger partial charge is 0.297 e. The SMILES string of the molecule is Cc1ccc(S(=O)(=O)O[C@@H]2CC[C@H]3[C@H]4CC[C@H]5CC(=O)CC[C@]5(C)[C@@H]4CC[C@]23C)cc1. The van der Waals surface area contributed by atoms with Gasteiger partial charge in [0.05, 0.1) is 11.0 Å². The highest BCUT2D eigenvalue weighted by Crippen LogP contribution is 2.66. The Kier molecular flexibility index (Phi) is 5.17. The molecule has 0 aliphatic heterocycles. The minimum atomic E-state index is -3.75. The van der Waals surface area contributed by atoms with Crippen molar-refractivity contribution in [3.05, 3.63) is 29.8 Å². The van der Waals surface area contributed by atoms with Gasteiger partial charge in [-0.15, -0.1) is 0 Å². The predicted molar refractivity (Wildman–Crippen MR) is 120 cm³/mol. The van der Waals surface area contributed by atoms with Gasteiger partial charge in [0.2, 0.25) is 0 Å². The molecule has 0 unspecified atom stereocenters. The molecule has 4 fully saturated rings. The highest BCUT2D eigenvalue weighted by atomic mass is 32.2. The summed E-state index contributed by atoms with van der Waals surface area (Å²) >= 11 is 0. The molecular weight excluding hydrogens is 408 g/mol. The lowest BCUT2D eigenvalue weighted by Gasteiger charge is -2.60. The van der Waals surface area contributed by atoms with Gasteiger partial charge >= 0.3 is 0 Å². The summed E-state index contributed by atoms with van der Waals surface area (Å²) < 4.78 is 32.0. The number of carbonyl (C=O) groups is 1. The third kappa shape index (κ3) is 3.42. The molecule has 0 heterocycles. The van der Waals surface area contributed by atoms with E-state index < -0.39 is 10.1 Å². The lowest BCUT2D eigenvalue weighted by Crippen LogP contribution is -2.54. The quantitative estimate of drug-likeness (QED) is 0.563. The molecule has 5 heteroatoms. The lowest BCUT2D eigenvalue weighted by atomic mass is 9.45. The molecule has 4 aliphatic rings. The second kappa shape index (κ2) is 7.41. The molecule has 0 bridgehead atoms. The summed E-state index contributed by atoms with van der Waals surface area (Å²) in [4.78, 5) is 12.4. The van der Waals surface area contributed by atoms with Crippen molar-refractivity contribution >= 4 is 15.9 Å².